The molecule has 1 aliphatic rings. The fraction of sp³-hybridized carbons (Fsp3) is 0.458. The van der Waals surface area contributed by atoms with Crippen LogP contribution in [-0.4, -0.2) is 79.0 Å². The first-order valence-corrected chi connectivity index (χ1v) is 11.2. The minimum absolute atomic E-state index is 0.0339. The van der Waals surface area contributed by atoms with E-state index in [9.17, 15) is 9.59 Å². The maximum Gasteiger partial charge on any atom is 0.271 e. The van der Waals surface area contributed by atoms with E-state index in [1.807, 2.05) is 55.2 Å². The number of aromatic nitrogens is 2. The molecule has 3 rings (SSSR count). The van der Waals surface area contributed by atoms with E-state index >= 15 is 0 Å². The summed E-state index contributed by atoms with van der Waals surface area (Å²) in [6.07, 6.45) is 8.91. The normalized spacial score (nSPS) is 16.5. The van der Waals surface area contributed by atoms with E-state index in [-0.39, 0.29) is 17.5 Å². The van der Waals surface area contributed by atoms with Gasteiger partial charge in [-0.15, -0.1) is 0 Å². The monoisotopic (exact) mass is 438 g/mol. The molecule has 2 aromatic heterocycles. The molecule has 1 aliphatic heterocycles. The predicted octanol–water partition coefficient (Wildman–Crippen LogP) is 2.41. The number of hydrogen-bond donors (Lipinski definition) is 2. The van der Waals surface area contributed by atoms with Gasteiger partial charge in [-0.3, -0.25) is 9.59 Å². The average molecular weight is 439 g/mol. The number of carbonyl (C=O) groups is 1. The Morgan fingerprint density at radius 1 is 1.34 bits per heavy atom. The van der Waals surface area contributed by atoms with E-state index in [2.05, 4.69) is 27.1 Å². The van der Waals surface area contributed by atoms with E-state index in [0.29, 0.717) is 18.8 Å². The third kappa shape index (κ3) is 5.76. The molecule has 8 heteroatoms. The number of nitrogens with one attached hydrogen (secondary N) is 2. The lowest BCUT2D eigenvalue weighted by Gasteiger charge is -2.39. The first kappa shape index (κ1) is 23.5. The largest absolute Gasteiger partial charge is 0.373 e. The number of likely N-dealkylation sites (N-methyl/N-ethyl adjacent to an activating group) is 2. The molecule has 0 aromatic carbocycles. The van der Waals surface area contributed by atoms with Crippen LogP contribution in [0.5, 0.6) is 0 Å². The van der Waals surface area contributed by atoms with Crippen LogP contribution >= 0.6 is 0 Å². The van der Waals surface area contributed by atoms with Crippen molar-refractivity contribution < 1.29 is 4.79 Å². The lowest BCUT2D eigenvalue weighted by atomic mass is 10.0. The number of aromatic amines is 1. The second-order valence-electron chi connectivity index (χ2n) is 8.31. The smallest absolute Gasteiger partial charge is 0.271 e. The van der Waals surface area contributed by atoms with E-state index in [1.54, 1.807) is 18.5 Å². The molecular formula is C24H34N6O2. The molecule has 0 unspecified atom stereocenters. The van der Waals surface area contributed by atoms with Crippen LogP contribution in [0.2, 0.25) is 0 Å². The van der Waals surface area contributed by atoms with Crippen LogP contribution in [0.1, 0.15) is 19.8 Å². The van der Waals surface area contributed by atoms with Gasteiger partial charge in [0.2, 0.25) is 5.91 Å². The number of piperidine rings is 1. The zero-order valence-corrected chi connectivity index (χ0v) is 19.5. The van der Waals surface area contributed by atoms with Crippen molar-refractivity contribution in [2.24, 2.45) is 0 Å². The van der Waals surface area contributed by atoms with E-state index in [4.69, 9.17) is 0 Å². The van der Waals surface area contributed by atoms with Crippen molar-refractivity contribution in [3.63, 3.8) is 0 Å². The van der Waals surface area contributed by atoms with E-state index in [1.165, 1.54) is 0 Å². The molecule has 172 valence electrons. The Morgan fingerprint density at radius 3 is 2.88 bits per heavy atom. The standard InChI is InChI=1S/C24H34N6O2/c1-5-30(20-8-6-13-29(17-20)23(31)9-7-12-28(3)4)21-14-19(16-27-24(21)32)18-10-11-26-22(15-18)25-2/h7,9-11,14-16,20H,5-6,8,12-13,17H2,1-4H3,(H,25,26)(H,27,32)/t20-/m0/s1. The number of likely N-dealkylation sites (tertiary alicyclic amines) is 1. The Morgan fingerprint density at radius 2 is 2.16 bits per heavy atom. The van der Waals surface area contributed by atoms with Gasteiger partial charge < -0.3 is 25.0 Å². The fourth-order valence-electron chi connectivity index (χ4n) is 4.10. The van der Waals surface area contributed by atoms with Crippen molar-refractivity contribution in [1.82, 2.24) is 19.8 Å². The fourth-order valence-corrected chi connectivity index (χ4v) is 4.10. The van der Waals surface area contributed by atoms with Crippen LogP contribution in [0.3, 0.4) is 0 Å². The minimum atomic E-state index is -0.118. The highest BCUT2D eigenvalue weighted by atomic mass is 16.2. The highest BCUT2D eigenvalue weighted by molar-refractivity contribution is 5.87. The number of hydrogen-bond acceptors (Lipinski definition) is 6. The zero-order chi connectivity index (χ0) is 23.1. The molecule has 1 atom stereocenters. The van der Waals surface area contributed by atoms with Crippen molar-refractivity contribution in [2.45, 2.75) is 25.8 Å². The van der Waals surface area contributed by atoms with Gasteiger partial charge in [0.25, 0.3) is 5.56 Å². The molecular weight excluding hydrogens is 404 g/mol. The van der Waals surface area contributed by atoms with Crippen LogP contribution in [0.25, 0.3) is 11.1 Å². The van der Waals surface area contributed by atoms with Gasteiger partial charge in [0.1, 0.15) is 11.5 Å². The number of carbonyl (C=O) groups excluding carboxylic acids is 1. The van der Waals surface area contributed by atoms with Crippen LogP contribution in [0.15, 0.2) is 47.5 Å². The van der Waals surface area contributed by atoms with Gasteiger partial charge in [0.15, 0.2) is 0 Å². The molecule has 0 saturated carbocycles. The Labute approximate surface area is 189 Å². The molecule has 2 N–H and O–H groups in total. The van der Waals surface area contributed by atoms with E-state index < -0.39 is 0 Å². The second kappa shape index (κ2) is 10.9. The summed E-state index contributed by atoms with van der Waals surface area (Å²) in [5.74, 6) is 0.804. The Balaban J connectivity index is 1.82. The Hall–Kier alpha value is -3.13. The minimum Gasteiger partial charge on any atom is -0.373 e. The molecule has 1 fully saturated rings. The molecule has 8 nitrogen and oxygen atoms in total. The third-order valence-corrected chi connectivity index (χ3v) is 5.76. The van der Waals surface area contributed by atoms with Gasteiger partial charge in [-0.25, -0.2) is 4.98 Å². The first-order chi connectivity index (χ1) is 15.4. The van der Waals surface area contributed by atoms with Crippen LogP contribution in [-0.2, 0) is 4.79 Å². The summed E-state index contributed by atoms with van der Waals surface area (Å²) < 4.78 is 0. The van der Waals surface area contributed by atoms with Gasteiger partial charge in [-0.05, 0) is 57.6 Å². The quantitative estimate of drug-likeness (QED) is 0.616. The Bertz CT molecular complexity index is 1000. The summed E-state index contributed by atoms with van der Waals surface area (Å²) >= 11 is 0. The molecule has 1 saturated heterocycles. The first-order valence-electron chi connectivity index (χ1n) is 11.2. The highest BCUT2D eigenvalue weighted by Crippen LogP contribution is 2.26. The van der Waals surface area contributed by atoms with Crippen LogP contribution in [0, 0.1) is 0 Å². The summed E-state index contributed by atoms with van der Waals surface area (Å²) in [6.45, 7) is 4.83. The molecule has 0 radical (unpaired) electrons. The van der Waals surface area contributed by atoms with Crippen molar-refractivity contribution >= 4 is 17.4 Å². The number of amides is 1. The number of anilines is 2. The summed E-state index contributed by atoms with van der Waals surface area (Å²) in [7, 11) is 5.78. The van der Waals surface area contributed by atoms with Gasteiger partial charge in [0, 0.05) is 63.3 Å². The molecule has 32 heavy (non-hydrogen) atoms. The van der Waals surface area contributed by atoms with Crippen LogP contribution < -0.4 is 15.8 Å². The molecule has 0 spiro atoms. The molecule has 2 aromatic rings. The number of pyridine rings is 2. The second-order valence-corrected chi connectivity index (χ2v) is 8.31. The third-order valence-electron chi connectivity index (χ3n) is 5.76. The topological polar surface area (TPSA) is 84.6 Å². The average Bonchev–Trinajstić information content (AvgIpc) is 2.80. The van der Waals surface area contributed by atoms with Gasteiger partial charge >= 0.3 is 0 Å². The van der Waals surface area contributed by atoms with Gasteiger partial charge in [0.05, 0.1) is 0 Å². The zero-order valence-electron chi connectivity index (χ0n) is 19.5. The predicted molar refractivity (Wildman–Crippen MR) is 130 cm³/mol. The van der Waals surface area contributed by atoms with Crippen molar-refractivity contribution in [1.29, 1.82) is 0 Å². The van der Waals surface area contributed by atoms with Crippen molar-refractivity contribution in [3.05, 3.63) is 53.1 Å². The number of nitrogens with zero attached hydrogens (tertiary/aromatic N) is 4. The molecule has 0 bridgehead atoms. The number of rotatable bonds is 8. The lowest BCUT2D eigenvalue weighted by Crippen LogP contribution is -2.50. The van der Waals surface area contributed by atoms with Crippen molar-refractivity contribution in [3.8, 4) is 11.1 Å². The van der Waals surface area contributed by atoms with Gasteiger partial charge in [-0.2, -0.15) is 0 Å². The highest BCUT2D eigenvalue weighted by Gasteiger charge is 2.28. The Kier molecular flexibility index (Phi) is 8.05. The summed E-state index contributed by atoms with van der Waals surface area (Å²) in [5, 5.41) is 3.05. The lowest BCUT2D eigenvalue weighted by molar-refractivity contribution is -0.127. The number of H-pyrrole nitrogens is 1. The van der Waals surface area contributed by atoms with E-state index in [0.717, 1.165) is 42.9 Å². The maximum atomic E-state index is 12.8. The summed E-state index contributed by atoms with van der Waals surface area (Å²) in [6, 6.07) is 5.92. The SMILES string of the molecule is CCN(c1cc(-c2ccnc(NC)c2)c[nH]c1=O)[C@H]1CCCN(C(=O)C=CCN(C)C)C1. The van der Waals surface area contributed by atoms with Crippen molar-refractivity contribution in [2.75, 3.05) is 57.5 Å². The summed E-state index contributed by atoms with van der Waals surface area (Å²) in [5.41, 5.74) is 2.42. The summed E-state index contributed by atoms with van der Waals surface area (Å²) in [4.78, 5) is 38.6. The molecule has 3 heterocycles. The molecule has 1 amide bonds. The maximum absolute atomic E-state index is 12.8. The van der Waals surface area contributed by atoms with Crippen LogP contribution in [0.4, 0.5) is 11.5 Å². The molecule has 0 aliphatic carbocycles. The van der Waals surface area contributed by atoms with Gasteiger partial charge in [-0.1, -0.05) is 6.08 Å².